The molecule has 188 valence electrons. The van der Waals surface area contributed by atoms with E-state index in [0.717, 1.165) is 58.6 Å². The molecular weight excluding hydrogens is 476 g/mol. The van der Waals surface area contributed by atoms with Gasteiger partial charge in [0.1, 0.15) is 5.82 Å². The normalized spacial score (nSPS) is 15.4. The van der Waals surface area contributed by atoms with E-state index in [0.29, 0.717) is 17.3 Å². The standard InChI is InChI=1S/C30H26N6O2/c1-3-23-24(4-2)33-28-25(7-5-18-32-28)35-27(20-8-12-21(13-9-20)30(31)16-6-17-30)26(34-29(23)35)19-10-14-22(15-11-19)36(37)38/h3-5,7-15,18H,1-2,6,16-17,31H2,(H,32,33). The number of hydrogen-bond donors (Lipinski definition) is 2. The average molecular weight is 503 g/mol. The van der Waals surface area contributed by atoms with Gasteiger partial charge in [-0.15, -0.1) is 0 Å². The fourth-order valence-electron chi connectivity index (χ4n) is 5.20. The first-order chi connectivity index (χ1) is 18.4. The molecule has 8 nitrogen and oxygen atoms in total. The highest BCUT2D eigenvalue weighted by molar-refractivity contribution is 5.89. The average Bonchev–Trinajstić information content (AvgIpc) is 3.25. The van der Waals surface area contributed by atoms with Crippen LogP contribution in [0.2, 0.25) is 0 Å². The van der Waals surface area contributed by atoms with Gasteiger partial charge in [-0.1, -0.05) is 43.5 Å². The Kier molecular flexibility index (Phi) is 5.54. The lowest BCUT2D eigenvalue weighted by Crippen LogP contribution is -2.43. The molecule has 0 spiro atoms. The van der Waals surface area contributed by atoms with Gasteiger partial charge >= 0.3 is 0 Å². The number of pyridine rings is 1. The van der Waals surface area contributed by atoms with Crippen LogP contribution in [-0.2, 0) is 5.54 Å². The fraction of sp³-hybridized carbons (Fsp3) is 0.133. The molecule has 3 heterocycles. The van der Waals surface area contributed by atoms with E-state index in [1.807, 2.05) is 12.1 Å². The van der Waals surface area contributed by atoms with Crippen LogP contribution in [0.3, 0.4) is 0 Å². The number of nitro benzene ring substituents is 1. The van der Waals surface area contributed by atoms with Crippen LogP contribution in [-0.4, -0.2) is 19.5 Å². The number of benzene rings is 2. The lowest BCUT2D eigenvalue weighted by molar-refractivity contribution is -0.384. The van der Waals surface area contributed by atoms with Gasteiger partial charge in [0.25, 0.3) is 5.69 Å². The third-order valence-corrected chi connectivity index (χ3v) is 7.43. The Hall–Kier alpha value is -4.82. The summed E-state index contributed by atoms with van der Waals surface area (Å²) in [6.07, 6.45) is 8.29. The molecule has 1 saturated carbocycles. The lowest BCUT2D eigenvalue weighted by atomic mass is 9.72. The summed E-state index contributed by atoms with van der Waals surface area (Å²) < 4.78 is 2.07. The lowest BCUT2D eigenvalue weighted by Gasteiger charge is -2.38. The van der Waals surface area contributed by atoms with Crippen molar-refractivity contribution in [3.05, 3.63) is 119 Å². The molecule has 38 heavy (non-hydrogen) atoms. The van der Waals surface area contributed by atoms with Crippen LogP contribution in [0.25, 0.3) is 33.8 Å². The van der Waals surface area contributed by atoms with E-state index in [1.54, 1.807) is 30.5 Å². The molecular formula is C30H26N6O2. The Balaban J connectivity index is 1.65. The number of fused-ring (bicyclic) bond motifs is 3. The second-order valence-electron chi connectivity index (χ2n) is 9.59. The van der Waals surface area contributed by atoms with Crippen molar-refractivity contribution < 1.29 is 4.92 Å². The third-order valence-electron chi connectivity index (χ3n) is 7.43. The van der Waals surface area contributed by atoms with E-state index in [9.17, 15) is 10.1 Å². The number of imidazole rings is 1. The third kappa shape index (κ3) is 3.65. The summed E-state index contributed by atoms with van der Waals surface area (Å²) in [7, 11) is 0. The molecule has 8 heteroatoms. The van der Waals surface area contributed by atoms with Crippen LogP contribution in [0.5, 0.6) is 0 Å². The first kappa shape index (κ1) is 23.6. The van der Waals surface area contributed by atoms with Crippen LogP contribution in [0, 0.1) is 10.1 Å². The van der Waals surface area contributed by atoms with Gasteiger partial charge < -0.3 is 11.1 Å². The van der Waals surface area contributed by atoms with Crippen molar-refractivity contribution in [1.29, 1.82) is 0 Å². The fourth-order valence-corrected chi connectivity index (χ4v) is 5.20. The molecule has 0 amide bonds. The van der Waals surface area contributed by atoms with Crippen molar-refractivity contribution in [3.63, 3.8) is 0 Å². The maximum Gasteiger partial charge on any atom is 0.269 e. The van der Waals surface area contributed by atoms with Crippen molar-refractivity contribution in [3.8, 4) is 28.2 Å². The number of non-ortho nitro benzene ring substituents is 1. The van der Waals surface area contributed by atoms with Crippen LogP contribution in [0.1, 0.15) is 30.7 Å². The number of allylic oxidation sites excluding steroid dienone is 3. The Labute approximate surface area is 220 Å². The van der Waals surface area contributed by atoms with Crippen molar-refractivity contribution in [2.45, 2.75) is 24.8 Å². The van der Waals surface area contributed by atoms with Gasteiger partial charge in [0, 0.05) is 40.6 Å². The quantitative estimate of drug-likeness (QED) is 0.234. The van der Waals surface area contributed by atoms with Crippen molar-refractivity contribution >= 4 is 17.1 Å². The molecule has 0 bridgehead atoms. The van der Waals surface area contributed by atoms with Gasteiger partial charge in [0.15, 0.2) is 5.82 Å². The van der Waals surface area contributed by atoms with E-state index in [2.05, 4.69) is 52.3 Å². The molecule has 0 saturated heterocycles. The molecule has 2 aromatic heterocycles. The minimum absolute atomic E-state index is 0.0218. The van der Waals surface area contributed by atoms with Gasteiger partial charge in [0.2, 0.25) is 0 Å². The van der Waals surface area contributed by atoms with Crippen LogP contribution < -0.4 is 11.1 Å². The number of aromatic nitrogens is 3. The molecule has 1 fully saturated rings. The van der Waals surface area contributed by atoms with E-state index in [-0.39, 0.29) is 11.2 Å². The summed E-state index contributed by atoms with van der Waals surface area (Å²) in [5, 5.41) is 14.7. The molecule has 2 aromatic carbocycles. The van der Waals surface area contributed by atoms with Crippen LogP contribution >= 0.6 is 0 Å². The van der Waals surface area contributed by atoms with Crippen LogP contribution in [0.15, 0.2) is 97.9 Å². The van der Waals surface area contributed by atoms with Gasteiger partial charge in [-0.05, 0) is 55.2 Å². The predicted molar refractivity (Wildman–Crippen MR) is 150 cm³/mol. The minimum atomic E-state index is -0.405. The SMILES string of the molecule is C=CC1=C(C=C)c2nc(-c3ccc([N+](=O)[O-])cc3)c(-c3ccc(C4(N)CCC4)cc3)n2-c2cccnc2N1. The maximum atomic E-state index is 11.3. The molecule has 0 unspecified atom stereocenters. The number of anilines is 1. The van der Waals surface area contributed by atoms with Gasteiger partial charge in [-0.3, -0.25) is 14.7 Å². The first-order valence-corrected chi connectivity index (χ1v) is 12.4. The Morgan fingerprint density at radius 3 is 2.34 bits per heavy atom. The molecule has 1 aliphatic carbocycles. The van der Waals surface area contributed by atoms with E-state index in [1.165, 1.54) is 12.1 Å². The number of nitro groups is 1. The highest BCUT2D eigenvalue weighted by Crippen LogP contribution is 2.43. The second-order valence-corrected chi connectivity index (χ2v) is 9.59. The Morgan fingerprint density at radius 1 is 1.03 bits per heavy atom. The summed E-state index contributed by atoms with van der Waals surface area (Å²) in [6.45, 7) is 8.03. The molecule has 6 rings (SSSR count). The number of rotatable bonds is 6. The zero-order chi connectivity index (χ0) is 26.4. The second kappa shape index (κ2) is 8.93. The molecule has 3 N–H and O–H groups in total. The van der Waals surface area contributed by atoms with Crippen molar-refractivity contribution in [2.24, 2.45) is 5.73 Å². The highest BCUT2D eigenvalue weighted by atomic mass is 16.6. The summed E-state index contributed by atoms with van der Waals surface area (Å²) in [5.74, 6) is 1.32. The number of nitrogens with one attached hydrogen (secondary N) is 1. The van der Waals surface area contributed by atoms with Crippen LogP contribution in [0.4, 0.5) is 11.5 Å². The van der Waals surface area contributed by atoms with Gasteiger partial charge in [-0.2, -0.15) is 0 Å². The van der Waals surface area contributed by atoms with E-state index in [4.69, 9.17) is 10.7 Å². The number of nitrogens with two attached hydrogens (primary N) is 1. The summed E-state index contributed by atoms with van der Waals surface area (Å²) in [6, 6.07) is 18.6. The minimum Gasteiger partial charge on any atom is -0.338 e. The number of nitrogens with zero attached hydrogens (tertiary/aromatic N) is 4. The topological polar surface area (TPSA) is 112 Å². The monoisotopic (exact) mass is 502 g/mol. The van der Waals surface area contributed by atoms with Crippen molar-refractivity contribution in [1.82, 2.24) is 14.5 Å². The molecule has 2 aliphatic rings. The summed E-state index contributed by atoms with van der Waals surface area (Å²) >= 11 is 0. The molecule has 0 radical (unpaired) electrons. The molecule has 4 aromatic rings. The summed E-state index contributed by atoms with van der Waals surface area (Å²) in [4.78, 5) is 20.6. The van der Waals surface area contributed by atoms with Crippen molar-refractivity contribution in [2.75, 3.05) is 5.32 Å². The van der Waals surface area contributed by atoms with Gasteiger partial charge in [-0.25, -0.2) is 9.97 Å². The zero-order valence-corrected chi connectivity index (χ0v) is 20.7. The van der Waals surface area contributed by atoms with E-state index >= 15 is 0 Å². The number of hydrogen-bond acceptors (Lipinski definition) is 6. The zero-order valence-electron chi connectivity index (χ0n) is 20.7. The predicted octanol–water partition coefficient (Wildman–Crippen LogP) is 6.36. The summed E-state index contributed by atoms with van der Waals surface area (Å²) in [5.41, 5.74) is 13.0. The Bertz CT molecular complexity index is 1630. The molecule has 0 atom stereocenters. The highest BCUT2D eigenvalue weighted by Gasteiger charge is 2.34. The first-order valence-electron chi connectivity index (χ1n) is 12.4. The Morgan fingerprint density at radius 2 is 1.74 bits per heavy atom. The molecule has 1 aliphatic heterocycles. The van der Waals surface area contributed by atoms with E-state index < -0.39 is 4.92 Å². The largest absolute Gasteiger partial charge is 0.338 e. The maximum absolute atomic E-state index is 11.3. The van der Waals surface area contributed by atoms with Gasteiger partial charge in [0.05, 0.1) is 27.7 Å². The smallest absolute Gasteiger partial charge is 0.269 e.